The summed E-state index contributed by atoms with van der Waals surface area (Å²) in [5.74, 6) is -0.288. The number of methoxy groups -OCH3 is 1. The summed E-state index contributed by atoms with van der Waals surface area (Å²) in [6, 6.07) is 14.6. The van der Waals surface area contributed by atoms with E-state index in [2.05, 4.69) is 15.4 Å². The standard InChI is InChI=1S/C20H22N2O4/c1-25-20(24)15-2-4-16(5-3-15)21-17-6-8-18(9-7-17)22-19(23)14-10-12-26-13-11-14/h2-9,14,21H,10-13H2,1H3,(H,22,23). The number of anilines is 3. The van der Waals surface area contributed by atoms with Crippen LogP contribution >= 0.6 is 0 Å². The van der Waals surface area contributed by atoms with Crippen LogP contribution in [-0.4, -0.2) is 32.2 Å². The van der Waals surface area contributed by atoms with E-state index in [1.54, 1.807) is 12.1 Å². The summed E-state index contributed by atoms with van der Waals surface area (Å²) in [4.78, 5) is 23.7. The number of nitrogens with one attached hydrogen (secondary N) is 2. The Kier molecular flexibility index (Phi) is 5.86. The van der Waals surface area contributed by atoms with Crippen LogP contribution < -0.4 is 10.6 Å². The minimum atomic E-state index is -0.360. The molecule has 6 nitrogen and oxygen atoms in total. The molecule has 0 radical (unpaired) electrons. The Labute approximate surface area is 152 Å². The molecule has 1 saturated heterocycles. The molecular weight excluding hydrogens is 332 g/mol. The van der Waals surface area contributed by atoms with Gasteiger partial charge in [-0.1, -0.05) is 0 Å². The summed E-state index contributed by atoms with van der Waals surface area (Å²) in [5, 5.41) is 6.21. The molecule has 1 amide bonds. The molecule has 2 aromatic rings. The van der Waals surface area contributed by atoms with E-state index >= 15 is 0 Å². The van der Waals surface area contributed by atoms with E-state index in [0.717, 1.165) is 29.9 Å². The number of amides is 1. The van der Waals surface area contributed by atoms with Crippen LogP contribution in [0.3, 0.4) is 0 Å². The van der Waals surface area contributed by atoms with Gasteiger partial charge in [0.2, 0.25) is 5.91 Å². The van der Waals surface area contributed by atoms with Crippen LogP contribution in [0, 0.1) is 5.92 Å². The summed E-state index contributed by atoms with van der Waals surface area (Å²) in [5.41, 5.74) is 3.02. The highest BCUT2D eigenvalue weighted by molar-refractivity contribution is 5.93. The molecule has 1 aliphatic heterocycles. The maximum Gasteiger partial charge on any atom is 0.337 e. The third-order valence-corrected chi connectivity index (χ3v) is 4.34. The van der Waals surface area contributed by atoms with Crippen molar-refractivity contribution in [3.8, 4) is 0 Å². The fourth-order valence-electron chi connectivity index (χ4n) is 2.82. The highest BCUT2D eigenvalue weighted by atomic mass is 16.5. The molecule has 26 heavy (non-hydrogen) atoms. The lowest BCUT2D eigenvalue weighted by atomic mass is 9.99. The second kappa shape index (κ2) is 8.49. The third kappa shape index (κ3) is 4.61. The zero-order valence-corrected chi connectivity index (χ0v) is 14.7. The summed E-state index contributed by atoms with van der Waals surface area (Å²) in [7, 11) is 1.36. The molecule has 3 rings (SSSR count). The first-order valence-corrected chi connectivity index (χ1v) is 8.60. The predicted octanol–water partition coefficient (Wildman–Crippen LogP) is 3.58. The van der Waals surface area contributed by atoms with Crippen LogP contribution in [0.4, 0.5) is 17.1 Å². The Hall–Kier alpha value is -2.86. The lowest BCUT2D eigenvalue weighted by molar-refractivity contribution is -0.122. The highest BCUT2D eigenvalue weighted by Gasteiger charge is 2.21. The molecule has 6 heteroatoms. The first kappa shape index (κ1) is 17.9. The number of rotatable bonds is 5. The third-order valence-electron chi connectivity index (χ3n) is 4.34. The monoisotopic (exact) mass is 354 g/mol. The van der Waals surface area contributed by atoms with Gasteiger partial charge in [-0.15, -0.1) is 0 Å². The van der Waals surface area contributed by atoms with Crippen molar-refractivity contribution in [2.24, 2.45) is 5.92 Å². The van der Waals surface area contributed by atoms with E-state index < -0.39 is 0 Å². The van der Waals surface area contributed by atoms with Gasteiger partial charge in [-0.3, -0.25) is 4.79 Å². The fourth-order valence-corrected chi connectivity index (χ4v) is 2.82. The molecule has 0 unspecified atom stereocenters. The zero-order chi connectivity index (χ0) is 18.4. The number of esters is 1. The number of ether oxygens (including phenoxy) is 2. The summed E-state index contributed by atoms with van der Waals surface area (Å²) < 4.78 is 9.97. The predicted molar refractivity (Wildman–Crippen MR) is 99.7 cm³/mol. The van der Waals surface area contributed by atoms with Gasteiger partial charge in [0.05, 0.1) is 12.7 Å². The molecule has 1 aliphatic rings. The average Bonchev–Trinajstić information content (AvgIpc) is 2.70. The van der Waals surface area contributed by atoms with Crippen LogP contribution in [0.5, 0.6) is 0 Å². The number of carbonyl (C=O) groups excluding carboxylic acids is 2. The smallest absolute Gasteiger partial charge is 0.337 e. The Bertz CT molecular complexity index is 750. The van der Waals surface area contributed by atoms with Crippen LogP contribution in [-0.2, 0) is 14.3 Å². The van der Waals surface area contributed by atoms with Gasteiger partial charge in [0.1, 0.15) is 0 Å². The number of benzene rings is 2. The maximum atomic E-state index is 12.2. The molecule has 0 saturated carbocycles. The molecule has 2 N–H and O–H groups in total. The number of carbonyl (C=O) groups is 2. The Balaban J connectivity index is 1.57. The molecule has 1 fully saturated rings. The van der Waals surface area contributed by atoms with Crippen LogP contribution in [0.1, 0.15) is 23.2 Å². The Morgan fingerprint density at radius 3 is 2.04 bits per heavy atom. The molecule has 1 heterocycles. The van der Waals surface area contributed by atoms with Crippen LogP contribution in [0.25, 0.3) is 0 Å². The summed E-state index contributed by atoms with van der Waals surface area (Å²) in [6.45, 7) is 1.30. The first-order valence-electron chi connectivity index (χ1n) is 8.60. The van der Waals surface area contributed by atoms with Crippen molar-refractivity contribution in [3.63, 3.8) is 0 Å². The van der Waals surface area contributed by atoms with Crippen LogP contribution in [0.15, 0.2) is 48.5 Å². The highest BCUT2D eigenvalue weighted by Crippen LogP contribution is 2.21. The van der Waals surface area contributed by atoms with E-state index in [1.807, 2.05) is 36.4 Å². The van der Waals surface area contributed by atoms with Crippen LogP contribution in [0.2, 0.25) is 0 Å². The fraction of sp³-hybridized carbons (Fsp3) is 0.300. The van der Waals surface area contributed by atoms with Gasteiger partial charge in [0, 0.05) is 36.2 Å². The number of hydrogen-bond acceptors (Lipinski definition) is 5. The molecule has 0 spiro atoms. The molecule has 0 aromatic heterocycles. The van der Waals surface area contributed by atoms with Gasteiger partial charge >= 0.3 is 5.97 Å². The quantitative estimate of drug-likeness (QED) is 0.803. The van der Waals surface area contributed by atoms with E-state index in [4.69, 9.17) is 4.74 Å². The van der Waals surface area contributed by atoms with Gasteiger partial charge in [-0.05, 0) is 61.4 Å². The van der Waals surface area contributed by atoms with Gasteiger partial charge in [-0.2, -0.15) is 0 Å². The second-order valence-electron chi connectivity index (χ2n) is 6.15. The number of hydrogen-bond donors (Lipinski definition) is 2. The van der Waals surface area contributed by atoms with Crippen molar-refractivity contribution < 1.29 is 19.1 Å². The van der Waals surface area contributed by atoms with Gasteiger partial charge in [0.25, 0.3) is 0 Å². The molecule has 2 aromatic carbocycles. The van der Waals surface area contributed by atoms with E-state index in [0.29, 0.717) is 18.8 Å². The topological polar surface area (TPSA) is 76.7 Å². The van der Waals surface area contributed by atoms with Crippen molar-refractivity contribution in [1.82, 2.24) is 0 Å². The SMILES string of the molecule is COC(=O)c1ccc(Nc2ccc(NC(=O)C3CCOCC3)cc2)cc1. The molecule has 0 bridgehead atoms. The Morgan fingerprint density at radius 1 is 0.923 bits per heavy atom. The van der Waals surface area contributed by atoms with Crippen molar-refractivity contribution in [2.45, 2.75) is 12.8 Å². The summed E-state index contributed by atoms with van der Waals surface area (Å²) in [6.07, 6.45) is 1.54. The molecule has 136 valence electrons. The van der Waals surface area contributed by atoms with Crippen molar-refractivity contribution in [1.29, 1.82) is 0 Å². The minimum absolute atomic E-state index is 0.0230. The van der Waals surface area contributed by atoms with Crippen molar-refractivity contribution >= 4 is 28.9 Å². The largest absolute Gasteiger partial charge is 0.465 e. The normalized spacial score (nSPS) is 14.5. The first-order chi connectivity index (χ1) is 12.7. The second-order valence-corrected chi connectivity index (χ2v) is 6.15. The van der Waals surface area contributed by atoms with E-state index in [1.165, 1.54) is 7.11 Å². The van der Waals surface area contributed by atoms with E-state index in [-0.39, 0.29) is 17.8 Å². The minimum Gasteiger partial charge on any atom is -0.465 e. The van der Waals surface area contributed by atoms with Gasteiger partial charge in [0.15, 0.2) is 0 Å². The molecule has 0 atom stereocenters. The lowest BCUT2D eigenvalue weighted by Gasteiger charge is -2.21. The van der Waals surface area contributed by atoms with Crippen molar-refractivity contribution in [3.05, 3.63) is 54.1 Å². The lowest BCUT2D eigenvalue weighted by Crippen LogP contribution is -2.28. The zero-order valence-electron chi connectivity index (χ0n) is 14.7. The van der Waals surface area contributed by atoms with Gasteiger partial charge < -0.3 is 20.1 Å². The summed E-state index contributed by atoms with van der Waals surface area (Å²) >= 11 is 0. The molecule has 0 aliphatic carbocycles. The average molecular weight is 354 g/mol. The Morgan fingerprint density at radius 2 is 1.46 bits per heavy atom. The maximum absolute atomic E-state index is 12.2. The molecular formula is C20H22N2O4. The van der Waals surface area contributed by atoms with Gasteiger partial charge in [-0.25, -0.2) is 4.79 Å². The van der Waals surface area contributed by atoms with E-state index in [9.17, 15) is 9.59 Å². The van der Waals surface area contributed by atoms with Crippen molar-refractivity contribution in [2.75, 3.05) is 31.0 Å².